The van der Waals surface area contributed by atoms with Gasteiger partial charge < -0.3 is 20.1 Å². The molecular weight excluding hydrogens is 477 g/mol. The Morgan fingerprint density at radius 3 is 2.32 bits per heavy atom. The fourth-order valence-electron chi connectivity index (χ4n) is 2.82. The molecule has 0 spiro atoms. The van der Waals surface area contributed by atoms with E-state index in [0.717, 1.165) is 6.92 Å². The zero-order valence-corrected chi connectivity index (χ0v) is 20.5. The van der Waals surface area contributed by atoms with E-state index in [-0.39, 0.29) is 29.7 Å². The second-order valence-corrected chi connectivity index (χ2v) is 9.17. The van der Waals surface area contributed by atoms with Gasteiger partial charge in [0.1, 0.15) is 18.2 Å². The maximum atomic E-state index is 13.3. The number of carbonyl (C=O) groups excluding carboxylic acids is 3. The van der Waals surface area contributed by atoms with Gasteiger partial charge >= 0.3 is 18.2 Å². The minimum atomic E-state index is -4.78. The Morgan fingerprint density at radius 2 is 1.79 bits per heavy atom. The van der Waals surface area contributed by atoms with E-state index in [4.69, 9.17) is 16.3 Å². The summed E-state index contributed by atoms with van der Waals surface area (Å²) >= 11 is 6.13. The van der Waals surface area contributed by atoms with E-state index in [9.17, 15) is 27.6 Å². The summed E-state index contributed by atoms with van der Waals surface area (Å²) in [6, 6.07) is 2.55. The fraction of sp³-hybridized carbons (Fsp3) is 0.522. The van der Waals surface area contributed by atoms with Crippen LogP contribution in [0.1, 0.15) is 52.5 Å². The molecule has 7 nitrogen and oxygen atoms in total. The van der Waals surface area contributed by atoms with Crippen LogP contribution in [0.2, 0.25) is 5.02 Å². The molecule has 0 heterocycles. The minimum Gasteiger partial charge on any atom is -0.460 e. The lowest BCUT2D eigenvalue weighted by Crippen LogP contribution is -2.52. The first-order valence-corrected chi connectivity index (χ1v) is 10.9. The monoisotopic (exact) mass is 506 g/mol. The largest absolute Gasteiger partial charge is 0.460 e. The third-order valence-corrected chi connectivity index (χ3v) is 4.94. The molecular formula is C23H30ClF3N2O5. The van der Waals surface area contributed by atoms with E-state index < -0.39 is 41.7 Å². The van der Waals surface area contributed by atoms with E-state index in [0.29, 0.717) is 5.56 Å². The molecule has 0 saturated carbocycles. The van der Waals surface area contributed by atoms with Crippen molar-refractivity contribution in [2.45, 2.75) is 64.8 Å². The Kier molecular flexibility index (Phi) is 10.4. The van der Waals surface area contributed by atoms with E-state index in [1.165, 1.54) is 18.2 Å². The number of esters is 1. The van der Waals surface area contributed by atoms with Crippen LogP contribution in [0, 0.1) is 5.92 Å². The molecule has 0 saturated heterocycles. The number of alkyl halides is 3. The number of hydrogen-bond donors (Lipinski definition) is 2. The summed E-state index contributed by atoms with van der Waals surface area (Å²) in [7, 11) is 0. The number of nitrogens with one attached hydrogen (secondary N) is 2. The normalized spacial score (nSPS) is 14.4. The van der Waals surface area contributed by atoms with E-state index >= 15 is 0 Å². The van der Waals surface area contributed by atoms with Gasteiger partial charge in [-0.25, -0.2) is 4.79 Å². The van der Waals surface area contributed by atoms with Crippen molar-refractivity contribution in [2.24, 2.45) is 5.92 Å². The molecule has 34 heavy (non-hydrogen) atoms. The highest BCUT2D eigenvalue weighted by atomic mass is 35.5. The van der Waals surface area contributed by atoms with Crippen LogP contribution in [0.3, 0.4) is 0 Å². The minimum absolute atomic E-state index is 0.0286. The van der Waals surface area contributed by atoms with Gasteiger partial charge in [-0.3, -0.25) is 9.59 Å². The van der Waals surface area contributed by atoms with Crippen LogP contribution in [0.15, 0.2) is 30.9 Å². The van der Waals surface area contributed by atoms with Crippen LogP contribution in [0.5, 0.6) is 0 Å². The molecule has 2 amide bonds. The van der Waals surface area contributed by atoms with Crippen molar-refractivity contribution >= 4 is 35.3 Å². The molecule has 1 aromatic carbocycles. The van der Waals surface area contributed by atoms with Gasteiger partial charge in [0, 0.05) is 0 Å². The number of ether oxygens (including phenoxy) is 2. The third-order valence-electron chi connectivity index (χ3n) is 4.61. The maximum absolute atomic E-state index is 13.3. The summed E-state index contributed by atoms with van der Waals surface area (Å²) in [5.74, 6) is -4.13. The lowest BCUT2D eigenvalue weighted by molar-refractivity contribution is -0.178. The molecule has 1 aromatic rings. The van der Waals surface area contributed by atoms with Crippen LogP contribution < -0.4 is 10.6 Å². The molecule has 190 valence electrons. The number of rotatable bonds is 9. The maximum Gasteiger partial charge on any atom is 0.408 e. The Bertz CT molecular complexity index is 900. The van der Waals surface area contributed by atoms with Crippen molar-refractivity contribution in [3.05, 3.63) is 41.4 Å². The Balaban J connectivity index is 3.08. The Labute approximate surface area is 202 Å². The summed E-state index contributed by atoms with van der Waals surface area (Å²) in [6.07, 6.45) is -4.72. The average Bonchev–Trinajstić information content (AvgIpc) is 2.69. The predicted molar refractivity (Wildman–Crippen MR) is 123 cm³/mol. The predicted octanol–water partition coefficient (Wildman–Crippen LogP) is 5.59. The highest BCUT2D eigenvalue weighted by Gasteiger charge is 2.45. The average molecular weight is 507 g/mol. The quantitative estimate of drug-likeness (QED) is 0.336. The van der Waals surface area contributed by atoms with Gasteiger partial charge in [0.15, 0.2) is 0 Å². The fourth-order valence-corrected chi connectivity index (χ4v) is 2.98. The first-order chi connectivity index (χ1) is 15.5. The van der Waals surface area contributed by atoms with Crippen molar-refractivity contribution in [1.29, 1.82) is 0 Å². The van der Waals surface area contributed by atoms with Gasteiger partial charge in [-0.05, 0) is 44.4 Å². The summed E-state index contributed by atoms with van der Waals surface area (Å²) in [4.78, 5) is 36.7. The summed E-state index contributed by atoms with van der Waals surface area (Å²) in [6.45, 7) is 10.8. The van der Waals surface area contributed by atoms with E-state index in [1.807, 2.05) is 5.32 Å². The molecule has 0 fully saturated rings. The number of carbonyl (C=O) groups is 3. The number of hydrogen-bond acceptors (Lipinski definition) is 5. The van der Waals surface area contributed by atoms with Crippen molar-refractivity contribution in [2.75, 3.05) is 11.9 Å². The number of halogens is 4. The van der Waals surface area contributed by atoms with Crippen molar-refractivity contribution in [3.63, 3.8) is 0 Å². The SMILES string of the molecule is C=CCOC(=O)N[C@H](C(=O)Nc1cc([C@H](C)CC(=O)OC(C)(C)C)ccc1Cl)C(C)C(F)(F)F. The topological polar surface area (TPSA) is 93.7 Å². The molecule has 0 aromatic heterocycles. The van der Waals surface area contributed by atoms with Crippen LogP contribution in [-0.4, -0.2) is 42.4 Å². The standard InChI is InChI=1S/C23H30ClF3N2O5/c1-7-10-33-21(32)29-19(14(3)23(25,26)27)20(31)28-17-12-15(8-9-16(17)24)13(2)11-18(30)34-22(4,5)6/h7-9,12-14,19H,1,10-11H2,2-6H3,(H,28,31)(H,29,32)/t13-,14?,19+/m1/s1. The number of alkyl carbamates (subject to hydrolysis) is 1. The second-order valence-electron chi connectivity index (χ2n) is 8.76. The molecule has 1 unspecified atom stereocenters. The molecule has 0 aliphatic carbocycles. The van der Waals surface area contributed by atoms with E-state index in [1.54, 1.807) is 33.8 Å². The van der Waals surface area contributed by atoms with E-state index in [2.05, 4.69) is 16.6 Å². The second kappa shape index (κ2) is 12.1. The molecule has 0 radical (unpaired) electrons. The zero-order chi connectivity index (χ0) is 26.3. The summed E-state index contributed by atoms with van der Waals surface area (Å²) < 4.78 is 49.9. The zero-order valence-electron chi connectivity index (χ0n) is 19.7. The van der Waals surface area contributed by atoms with Crippen molar-refractivity contribution in [3.8, 4) is 0 Å². The van der Waals surface area contributed by atoms with Crippen LogP contribution >= 0.6 is 11.6 Å². The molecule has 0 bridgehead atoms. The molecule has 3 atom stereocenters. The molecule has 0 aliphatic rings. The van der Waals surface area contributed by atoms with Gasteiger partial charge in [0.05, 0.1) is 23.0 Å². The molecule has 0 aliphatic heterocycles. The third kappa shape index (κ3) is 9.62. The number of anilines is 1. The number of benzene rings is 1. The van der Waals surface area contributed by atoms with Crippen LogP contribution in [0.25, 0.3) is 0 Å². The molecule has 1 rings (SSSR count). The van der Waals surface area contributed by atoms with Crippen LogP contribution in [-0.2, 0) is 19.1 Å². The Morgan fingerprint density at radius 1 is 1.18 bits per heavy atom. The smallest absolute Gasteiger partial charge is 0.408 e. The lowest BCUT2D eigenvalue weighted by atomic mass is 9.96. The van der Waals surface area contributed by atoms with Crippen molar-refractivity contribution < 1.29 is 37.0 Å². The summed E-state index contributed by atoms with van der Waals surface area (Å²) in [5.41, 5.74) is -0.0230. The molecule has 2 N–H and O–H groups in total. The van der Waals surface area contributed by atoms with Gasteiger partial charge in [-0.2, -0.15) is 13.2 Å². The molecule has 11 heteroatoms. The van der Waals surface area contributed by atoms with Gasteiger partial charge in [0.2, 0.25) is 5.91 Å². The van der Waals surface area contributed by atoms with Crippen molar-refractivity contribution in [1.82, 2.24) is 5.32 Å². The highest BCUT2D eigenvalue weighted by Crippen LogP contribution is 2.32. The first kappa shape index (κ1) is 29.3. The van der Waals surface area contributed by atoms with Crippen LogP contribution in [0.4, 0.5) is 23.7 Å². The Hall–Kier alpha value is -2.75. The summed E-state index contributed by atoms with van der Waals surface area (Å²) in [5, 5.41) is 4.34. The lowest BCUT2D eigenvalue weighted by Gasteiger charge is -2.26. The highest BCUT2D eigenvalue weighted by molar-refractivity contribution is 6.33. The van der Waals surface area contributed by atoms with Gasteiger partial charge in [-0.1, -0.05) is 44.2 Å². The van der Waals surface area contributed by atoms with Gasteiger partial charge in [0.25, 0.3) is 0 Å². The first-order valence-electron chi connectivity index (χ1n) is 10.5. The van der Waals surface area contributed by atoms with Gasteiger partial charge in [-0.15, -0.1) is 0 Å². The number of amides is 2.